The minimum atomic E-state index is -0.125. The van der Waals surface area contributed by atoms with Crippen molar-refractivity contribution in [3.63, 3.8) is 0 Å². The Morgan fingerprint density at radius 3 is 2.80 bits per heavy atom. The van der Waals surface area contributed by atoms with Crippen LogP contribution in [0.4, 0.5) is 0 Å². The third kappa shape index (κ3) is 4.04. The number of carbonyl (C=O) groups is 1. The molecule has 0 saturated carbocycles. The Balaban J connectivity index is 2.76. The van der Waals surface area contributed by atoms with Gasteiger partial charge in [-0.2, -0.15) is 0 Å². The average Bonchev–Trinajstić information content (AvgIpc) is 2.20. The van der Waals surface area contributed by atoms with E-state index in [-0.39, 0.29) is 10.6 Å². The molecule has 0 N–H and O–H groups in total. The average molecular weight is 401 g/mol. The van der Waals surface area contributed by atoms with Gasteiger partial charge < -0.3 is 0 Å². The van der Waals surface area contributed by atoms with Crippen molar-refractivity contribution in [1.82, 2.24) is 0 Å². The van der Waals surface area contributed by atoms with Gasteiger partial charge >= 0.3 is 0 Å². The van der Waals surface area contributed by atoms with Crippen molar-refractivity contribution in [2.75, 3.05) is 0 Å². The van der Waals surface area contributed by atoms with Gasteiger partial charge in [0.1, 0.15) is 5.78 Å². The molecule has 1 unspecified atom stereocenters. The lowest BCUT2D eigenvalue weighted by atomic mass is 10.1. The van der Waals surface area contributed by atoms with Crippen LogP contribution in [-0.2, 0) is 11.2 Å². The van der Waals surface area contributed by atoms with Crippen molar-refractivity contribution in [3.05, 3.63) is 32.4 Å². The standard InChI is InChI=1S/C11H11BrClIO/c1-2-11(15)9(12)5-7-3-4-8(14)6-10(7)13/h3-4,6,9H,2,5H2,1H3. The fourth-order valence-corrected chi connectivity index (χ4v) is 2.82. The minimum absolute atomic E-state index is 0.125. The highest BCUT2D eigenvalue weighted by molar-refractivity contribution is 14.1. The molecule has 0 aliphatic rings. The molecule has 82 valence electrons. The normalized spacial score (nSPS) is 12.5. The second-order valence-corrected chi connectivity index (χ2v) is 5.99. The van der Waals surface area contributed by atoms with Crippen molar-refractivity contribution in [2.24, 2.45) is 0 Å². The first-order valence-electron chi connectivity index (χ1n) is 4.65. The molecule has 0 fully saturated rings. The number of hydrogen-bond donors (Lipinski definition) is 0. The largest absolute Gasteiger partial charge is 0.298 e. The number of Topliss-reactive ketones (excluding diaryl/α,β-unsaturated/α-hetero) is 1. The third-order valence-corrected chi connectivity index (χ3v) is 3.97. The Hall–Kier alpha value is 0.390. The van der Waals surface area contributed by atoms with E-state index in [0.717, 1.165) is 14.2 Å². The molecule has 0 aliphatic carbocycles. The quantitative estimate of drug-likeness (QED) is 0.545. The lowest BCUT2D eigenvalue weighted by molar-refractivity contribution is -0.118. The van der Waals surface area contributed by atoms with E-state index in [2.05, 4.69) is 38.5 Å². The van der Waals surface area contributed by atoms with Gasteiger partial charge in [-0.05, 0) is 46.7 Å². The summed E-state index contributed by atoms with van der Waals surface area (Å²) in [4.78, 5) is 11.3. The summed E-state index contributed by atoms with van der Waals surface area (Å²) in [7, 11) is 0. The lowest BCUT2D eigenvalue weighted by Crippen LogP contribution is -2.15. The van der Waals surface area contributed by atoms with E-state index in [1.54, 1.807) is 0 Å². The Bertz CT molecular complexity index is 368. The Morgan fingerprint density at radius 2 is 2.27 bits per heavy atom. The Kier molecular flexibility index (Phi) is 5.57. The zero-order chi connectivity index (χ0) is 11.4. The number of benzene rings is 1. The monoisotopic (exact) mass is 400 g/mol. The topological polar surface area (TPSA) is 17.1 Å². The van der Waals surface area contributed by atoms with Crippen LogP contribution in [-0.4, -0.2) is 10.6 Å². The molecule has 0 saturated heterocycles. The molecule has 1 atom stereocenters. The molecule has 1 nitrogen and oxygen atoms in total. The molecule has 1 aromatic rings. The zero-order valence-electron chi connectivity index (χ0n) is 8.27. The third-order valence-electron chi connectivity index (χ3n) is 2.11. The van der Waals surface area contributed by atoms with Gasteiger partial charge in [0.25, 0.3) is 0 Å². The molecule has 1 rings (SSSR count). The van der Waals surface area contributed by atoms with Gasteiger partial charge in [-0.1, -0.05) is 40.5 Å². The smallest absolute Gasteiger partial charge is 0.146 e. The molecule has 0 amide bonds. The lowest BCUT2D eigenvalue weighted by Gasteiger charge is -2.09. The first kappa shape index (κ1) is 13.5. The van der Waals surface area contributed by atoms with Crippen LogP contribution in [0.15, 0.2) is 18.2 Å². The van der Waals surface area contributed by atoms with E-state index in [0.29, 0.717) is 12.8 Å². The van der Waals surface area contributed by atoms with Gasteiger partial charge in [0.05, 0.1) is 4.83 Å². The fraction of sp³-hybridized carbons (Fsp3) is 0.364. The van der Waals surface area contributed by atoms with E-state index < -0.39 is 0 Å². The summed E-state index contributed by atoms with van der Waals surface area (Å²) in [6.45, 7) is 1.87. The second kappa shape index (κ2) is 6.21. The Morgan fingerprint density at radius 1 is 1.60 bits per heavy atom. The highest BCUT2D eigenvalue weighted by Gasteiger charge is 2.14. The predicted molar refractivity (Wildman–Crippen MR) is 75.9 cm³/mol. The molecule has 15 heavy (non-hydrogen) atoms. The van der Waals surface area contributed by atoms with Crippen molar-refractivity contribution in [2.45, 2.75) is 24.6 Å². The molecular formula is C11H11BrClIO. The number of hydrogen-bond acceptors (Lipinski definition) is 1. The van der Waals surface area contributed by atoms with E-state index in [1.807, 2.05) is 25.1 Å². The molecule has 0 spiro atoms. The van der Waals surface area contributed by atoms with Crippen molar-refractivity contribution >= 4 is 55.9 Å². The highest BCUT2D eigenvalue weighted by atomic mass is 127. The van der Waals surface area contributed by atoms with Gasteiger partial charge in [-0.15, -0.1) is 0 Å². The van der Waals surface area contributed by atoms with Gasteiger partial charge in [0.2, 0.25) is 0 Å². The van der Waals surface area contributed by atoms with Crippen LogP contribution >= 0.6 is 50.1 Å². The summed E-state index contributed by atoms with van der Waals surface area (Å²) in [6.07, 6.45) is 1.21. The molecule has 1 aromatic carbocycles. The summed E-state index contributed by atoms with van der Waals surface area (Å²) in [5, 5.41) is 0.732. The maximum Gasteiger partial charge on any atom is 0.146 e. The maximum absolute atomic E-state index is 11.4. The maximum atomic E-state index is 11.4. The molecule has 0 heterocycles. The molecule has 0 radical (unpaired) electrons. The molecular weight excluding hydrogens is 390 g/mol. The van der Waals surface area contributed by atoms with Gasteiger partial charge in [-0.3, -0.25) is 4.79 Å². The minimum Gasteiger partial charge on any atom is -0.298 e. The van der Waals surface area contributed by atoms with Crippen molar-refractivity contribution in [3.8, 4) is 0 Å². The van der Waals surface area contributed by atoms with Crippen LogP contribution in [0.5, 0.6) is 0 Å². The van der Waals surface area contributed by atoms with Crippen molar-refractivity contribution < 1.29 is 4.79 Å². The zero-order valence-corrected chi connectivity index (χ0v) is 12.8. The van der Waals surface area contributed by atoms with Gasteiger partial charge in [0, 0.05) is 15.0 Å². The van der Waals surface area contributed by atoms with Gasteiger partial charge in [-0.25, -0.2) is 0 Å². The van der Waals surface area contributed by atoms with Crippen molar-refractivity contribution in [1.29, 1.82) is 0 Å². The molecule has 0 aromatic heterocycles. The Labute approximate surface area is 117 Å². The van der Waals surface area contributed by atoms with Crippen LogP contribution in [0.2, 0.25) is 5.02 Å². The summed E-state index contributed by atoms with van der Waals surface area (Å²) in [6, 6.07) is 5.88. The number of ketones is 1. The molecule has 0 aliphatic heterocycles. The van der Waals surface area contributed by atoms with Crippen LogP contribution in [0, 0.1) is 3.57 Å². The number of alkyl halides is 1. The number of carbonyl (C=O) groups excluding carboxylic acids is 1. The van der Waals surface area contributed by atoms with E-state index in [1.165, 1.54) is 0 Å². The summed E-state index contributed by atoms with van der Waals surface area (Å²) >= 11 is 11.7. The van der Waals surface area contributed by atoms with Gasteiger partial charge in [0.15, 0.2) is 0 Å². The summed E-state index contributed by atoms with van der Waals surface area (Å²) < 4.78 is 1.11. The predicted octanol–water partition coefficient (Wildman–Crippen LogP) is 4.23. The van der Waals surface area contributed by atoms with E-state index in [9.17, 15) is 4.79 Å². The first-order valence-corrected chi connectivity index (χ1v) is 7.02. The fourth-order valence-electron chi connectivity index (χ4n) is 1.22. The van der Waals surface area contributed by atoms with Crippen LogP contribution < -0.4 is 0 Å². The first-order chi connectivity index (χ1) is 7.04. The van der Waals surface area contributed by atoms with E-state index in [4.69, 9.17) is 11.6 Å². The highest BCUT2D eigenvalue weighted by Crippen LogP contribution is 2.22. The summed E-state index contributed by atoms with van der Waals surface area (Å²) in [5.41, 5.74) is 1.01. The molecule has 0 bridgehead atoms. The number of halogens is 3. The van der Waals surface area contributed by atoms with Crippen LogP contribution in [0.1, 0.15) is 18.9 Å². The second-order valence-electron chi connectivity index (χ2n) is 3.23. The summed E-state index contributed by atoms with van der Waals surface area (Å²) in [5.74, 6) is 0.213. The number of rotatable bonds is 4. The SMILES string of the molecule is CCC(=O)C(Br)Cc1ccc(I)cc1Cl. The molecule has 4 heteroatoms. The van der Waals surface area contributed by atoms with Crippen LogP contribution in [0.25, 0.3) is 0 Å². The van der Waals surface area contributed by atoms with Crippen LogP contribution in [0.3, 0.4) is 0 Å². The van der Waals surface area contributed by atoms with E-state index >= 15 is 0 Å².